The van der Waals surface area contributed by atoms with Crippen molar-refractivity contribution in [3.63, 3.8) is 0 Å². The van der Waals surface area contributed by atoms with Gasteiger partial charge in [-0.15, -0.1) is 0 Å². The number of rotatable bonds is 6. The van der Waals surface area contributed by atoms with E-state index in [2.05, 4.69) is 30.1 Å². The summed E-state index contributed by atoms with van der Waals surface area (Å²) in [7, 11) is 1.80. The van der Waals surface area contributed by atoms with Crippen molar-refractivity contribution in [1.29, 1.82) is 0 Å². The first kappa shape index (κ1) is 22.9. The van der Waals surface area contributed by atoms with Crippen molar-refractivity contribution >= 4 is 46.0 Å². The van der Waals surface area contributed by atoms with Crippen LogP contribution in [0.1, 0.15) is 16.8 Å². The number of hydrogen-bond donors (Lipinski definition) is 4. The van der Waals surface area contributed by atoms with Crippen molar-refractivity contribution in [3.05, 3.63) is 53.6 Å². The van der Waals surface area contributed by atoms with E-state index in [0.717, 1.165) is 39.6 Å². The molecule has 5 heterocycles. The van der Waals surface area contributed by atoms with E-state index in [1.807, 2.05) is 25.1 Å². The van der Waals surface area contributed by atoms with Crippen LogP contribution in [0.2, 0.25) is 0 Å². The summed E-state index contributed by atoms with van der Waals surface area (Å²) < 4.78 is 15.3. The molecular weight excluding hydrogens is 466 g/mol. The van der Waals surface area contributed by atoms with Crippen LogP contribution in [0.4, 0.5) is 17.5 Å². The minimum absolute atomic E-state index is 0.0370. The second kappa shape index (κ2) is 9.39. The lowest BCUT2D eigenvalue weighted by Crippen LogP contribution is -2.29. The number of carbonyl (C=O) groups is 1. The fourth-order valence-electron chi connectivity index (χ4n) is 4.14. The van der Waals surface area contributed by atoms with Crippen molar-refractivity contribution in [2.24, 2.45) is 0 Å². The fraction of sp³-hybridized carbons (Fsp3) is 0.261. The third kappa shape index (κ3) is 4.57. The molecule has 0 aromatic carbocycles. The van der Waals surface area contributed by atoms with Gasteiger partial charge in [0.1, 0.15) is 18.2 Å². The van der Waals surface area contributed by atoms with E-state index in [9.17, 15) is 9.00 Å². The first-order valence-corrected chi connectivity index (χ1v) is 11.9. The molecule has 0 spiro atoms. The summed E-state index contributed by atoms with van der Waals surface area (Å²) in [5, 5.41) is 9.39. The number of nitrogen functional groups attached to an aromatic ring is 1. The normalized spacial score (nSPS) is 13.7. The van der Waals surface area contributed by atoms with Gasteiger partial charge in [0.2, 0.25) is 5.91 Å². The van der Waals surface area contributed by atoms with Gasteiger partial charge in [0, 0.05) is 67.9 Å². The molecule has 0 saturated heterocycles. The van der Waals surface area contributed by atoms with E-state index >= 15 is 0 Å². The van der Waals surface area contributed by atoms with E-state index in [0.29, 0.717) is 36.2 Å². The van der Waals surface area contributed by atoms with Crippen LogP contribution in [0, 0.1) is 6.92 Å². The zero-order valence-corrected chi connectivity index (χ0v) is 20.2. The molecule has 1 aliphatic heterocycles. The Bertz CT molecular complexity index is 1450. The average molecular weight is 492 g/mol. The quantitative estimate of drug-likeness (QED) is 0.297. The number of fused-ring (bicyclic) bond motifs is 2. The number of likely N-dealkylation sites (N-methyl/N-ethyl adjacent to an activating group) is 1. The number of amides is 1. The van der Waals surface area contributed by atoms with Gasteiger partial charge in [-0.1, -0.05) is 0 Å². The Labute approximate surface area is 205 Å². The second-order valence-corrected chi connectivity index (χ2v) is 8.95. The maximum Gasteiger partial charge on any atom is 0.244 e. The third-order valence-corrected chi connectivity index (χ3v) is 6.50. The number of thiol groups is 1. The maximum absolute atomic E-state index is 12.2. The average Bonchev–Trinajstić information content (AvgIpc) is 3.16. The molecule has 5 rings (SSSR count). The summed E-state index contributed by atoms with van der Waals surface area (Å²) in [5.74, 6) is 1.64. The minimum Gasteiger partial charge on any atom is -0.383 e. The summed E-state index contributed by atoms with van der Waals surface area (Å²) in [6.07, 6.45) is 5.91. The standard InChI is InChI=1S/C23H25N9O2S/c1-13-15(9-27-35-34)8-25-10-17(13)19-5-14-6-20(26-11-18(14)23(24)28-19)29-21-7-16-3-4-31(2)22(33)12-32(16)30-21/h5-8,10-11,35H,3-4,9,12H2,1-2H3,(H2,24,28)(H,27,34)(H,26,29,30). The highest BCUT2D eigenvalue weighted by molar-refractivity contribution is 7.63. The van der Waals surface area contributed by atoms with E-state index in [1.54, 1.807) is 35.2 Å². The molecule has 0 unspecified atom stereocenters. The first-order chi connectivity index (χ1) is 16.9. The highest BCUT2D eigenvalue weighted by Crippen LogP contribution is 2.30. The number of nitrogens with zero attached hydrogens (tertiary/aromatic N) is 6. The number of anilines is 3. The molecule has 12 heteroatoms. The van der Waals surface area contributed by atoms with Gasteiger partial charge in [-0.05, 0) is 35.6 Å². The maximum atomic E-state index is 12.2. The molecule has 0 atom stereocenters. The number of pyridine rings is 3. The van der Waals surface area contributed by atoms with Crippen molar-refractivity contribution in [2.75, 3.05) is 24.6 Å². The van der Waals surface area contributed by atoms with Crippen molar-refractivity contribution in [3.8, 4) is 11.3 Å². The van der Waals surface area contributed by atoms with Crippen LogP contribution in [0.3, 0.4) is 0 Å². The summed E-state index contributed by atoms with van der Waals surface area (Å²) >= 11 is -0.133. The molecule has 0 aliphatic carbocycles. The highest BCUT2D eigenvalue weighted by atomic mass is 32.2. The molecule has 35 heavy (non-hydrogen) atoms. The van der Waals surface area contributed by atoms with Gasteiger partial charge in [-0.25, -0.2) is 18.9 Å². The SMILES string of the molecule is Cc1c(CN[SH]=O)cncc1-c1cc2cc(Nc3cc4n(n3)CC(=O)N(C)CC4)ncc2c(N)n1. The Morgan fingerprint density at radius 3 is 2.86 bits per heavy atom. The third-order valence-electron chi connectivity index (χ3n) is 6.21. The van der Waals surface area contributed by atoms with Gasteiger partial charge in [0.25, 0.3) is 0 Å². The molecule has 4 aromatic heterocycles. The zero-order chi connectivity index (χ0) is 24.5. The fourth-order valence-corrected chi connectivity index (χ4v) is 4.38. The molecule has 0 saturated carbocycles. The van der Waals surface area contributed by atoms with Crippen LogP contribution in [-0.4, -0.2) is 53.3 Å². The van der Waals surface area contributed by atoms with Crippen molar-refractivity contribution in [2.45, 2.75) is 26.4 Å². The van der Waals surface area contributed by atoms with E-state index in [4.69, 9.17) is 5.73 Å². The molecule has 1 aliphatic rings. The largest absolute Gasteiger partial charge is 0.383 e. The smallest absolute Gasteiger partial charge is 0.244 e. The van der Waals surface area contributed by atoms with E-state index in [1.165, 1.54) is 0 Å². The molecule has 4 aromatic rings. The van der Waals surface area contributed by atoms with Gasteiger partial charge < -0.3 is 16.0 Å². The van der Waals surface area contributed by atoms with Crippen molar-refractivity contribution in [1.82, 2.24) is 34.4 Å². The van der Waals surface area contributed by atoms with Crippen molar-refractivity contribution < 1.29 is 9.00 Å². The first-order valence-electron chi connectivity index (χ1n) is 11.1. The van der Waals surface area contributed by atoms with Gasteiger partial charge >= 0.3 is 0 Å². The lowest BCUT2D eigenvalue weighted by Gasteiger charge is -2.12. The molecule has 0 bridgehead atoms. The highest BCUT2D eigenvalue weighted by Gasteiger charge is 2.19. The predicted molar refractivity (Wildman–Crippen MR) is 135 cm³/mol. The van der Waals surface area contributed by atoms with Crippen LogP contribution in [0.25, 0.3) is 22.0 Å². The number of carbonyl (C=O) groups excluding carboxylic acids is 1. The Kier molecular flexibility index (Phi) is 6.14. The Morgan fingerprint density at radius 2 is 2.03 bits per heavy atom. The summed E-state index contributed by atoms with van der Waals surface area (Å²) in [5.41, 5.74) is 10.7. The van der Waals surface area contributed by atoms with Crippen LogP contribution in [0.5, 0.6) is 0 Å². The summed E-state index contributed by atoms with van der Waals surface area (Å²) in [6.45, 7) is 3.29. The monoisotopic (exact) mass is 491 g/mol. The molecule has 0 fully saturated rings. The lowest BCUT2D eigenvalue weighted by atomic mass is 10.0. The predicted octanol–water partition coefficient (Wildman–Crippen LogP) is 1.49. The lowest BCUT2D eigenvalue weighted by molar-refractivity contribution is -0.130. The number of aromatic nitrogens is 5. The Morgan fingerprint density at radius 1 is 1.17 bits per heavy atom. The second-order valence-electron chi connectivity index (χ2n) is 8.45. The van der Waals surface area contributed by atoms with Crippen LogP contribution in [0.15, 0.2) is 36.8 Å². The minimum atomic E-state index is -0.133. The molecule has 0 radical (unpaired) electrons. The molecular formula is C23H25N9O2S. The number of nitrogens with two attached hydrogens (primary N) is 1. The Balaban J connectivity index is 1.46. The molecule has 4 N–H and O–H groups in total. The number of hydrogen-bond acceptors (Lipinski definition) is 8. The van der Waals surface area contributed by atoms with Gasteiger partial charge in [-0.3, -0.25) is 14.5 Å². The topological polar surface area (TPSA) is 144 Å². The van der Waals surface area contributed by atoms with E-state index < -0.39 is 0 Å². The molecule has 1 amide bonds. The van der Waals surface area contributed by atoms with E-state index in [-0.39, 0.29) is 24.3 Å². The van der Waals surface area contributed by atoms with Gasteiger partial charge in [0.15, 0.2) is 5.82 Å². The van der Waals surface area contributed by atoms with Crippen LogP contribution < -0.4 is 15.8 Å². The number of nitrogens with one attached hydrogen (secondary N) is 2. The summed E-state index contributed by atoms with van der Waals surface area (Å²) in [6, 6.07) is 5.79. The summed E-state index contributed by atoms with van der Waals surface area (Å²) in [4.78, 5) is 27.2. The zero-order valence-electron chi connectivity index (χ0n) is 19.3. The molecule has 11 nitrogen and oxygen atoms in total. The van der Waals surface area contributed by atoms with Crippen LogP contribution in [-0.2, 0) is 36.2 Å². The molecule has 180 valence electrons. The van der Waals surface area contributed by atoms with Gasteiger partial charge in [-0.2, -0.15) is 5.10 Å². The van der Waals surface area contributed by atoms with Gasteiger partial charge in [0.05, 0.1) is 17.5 Å². The van der Waals surface area contributed by atoms with Crippen LogP contribution >= 0.6 is 0 Å². The Hall–Kier alpha value is -3.90.